The fraction of sp³-hybridized carbons (Fsp3) is 0.250. The van der Waals surface area contributed by atoms with Gasteiger partial charge in [-0.1, -0.05) is 35.5 Å². The van der Waals surface area contributed by atoms with Crippen molar-refractivity contribution in [3.63, 3.8) is 0 Å². The molecule has 144 valence electrons. The van der Waals surface area contributed by atoms with Crippen LogP contribution in [0.3, 0.4) is 0 Å². The first-order chi connectivity index (χ1) is 13.6. The topological polar surface area (TPSA) is 73.2 Å². The number of rotatable bonds is 6. The van der Waals surface area contributed by atoms with E-state index < -0.39 is 0 Å². The quantitative estimate of drug-likeness (QED) is 0.484. The minimum atomic E-state index is -0.198. The Bertz CT molecular complexity index is 1110. The number of ether oxygens (including phenoxy) is 1. The monoisotopic (exact) mass is 415 g/mol. The molecule has 6 nitrogen and oxygen atoms in total. The number of thioether (sulfide) groups is 1. The molecule has 1 aliphatic rings. The number of halogens is 1. The molecule has 3 aromatic rings. The van der Waals surface area contributed by atoms with Gasteiger partial charge in [0.25, 0.3) is 5.56 Å². The van der Waals surface area contributed by atoms with Crippen molar-refractivity contribution in [3.05, 3.63) is 57.8 Å². The standard InChI is InChI=1S/C20H18ClN3O3S/c1-27-17-9-6-12(10-15(17)21)22-18(25)11-28-20-23-16-5-3-2-4-14(16)19(26)24(20)13-7-8-13/h2-6,9-10,13H,7-8,11H2,1H3,(H,22,25). The molecular weight excluding hydrogens is 398 g/mol. The highest BCUT2D eigenvalue weighted by Crippen LogP contribution is 2.37. The zero-order chi connectivity index (χ0) is 19.7. The zero-order valence-corrected chi connectivity index (χ0v) is 16.7. The summed E-state index contributed by atoms with van der Waals surface area (Å²) in [5, 5.41) is 4.41. The van der Waals surface area contributed by atoms with E-state index in [1.165, 1.54) is 18.9 Å². The van der Waals surface area contributed by atoms with Gasteiger partial charge in [-0.2, -0.15) is 0 Å². The van der Waals surface area contributed by atoms with Gasteiger partial charge in [-0.05, 0) is 43.2 Å². The molecule has 0 saturated heterocycles. The van der Waals surface area contributed by atoms with E-state index in [9.17, 15) is 9.59 Å². The Hall–Kier alpha value is -2.51. The van der Waals surface area contributed by atoms with Crippen molar-refractivity contribution >= 4 is 45.9 Å². The number of amides is 1. The van der Waals surface area contributed by atoms with Crippen LogP contribution in [-0.4, -0.2) is 28.3 Å². The third-order valence-electron chi connectivity index (χ3n) is 4.46. The lowest BCUT2D eigenvalue weighted by atomic mass is 10.2. The second-order valence-corrected chi connectivity index (χ2v) is 7.85. The predicted molar refractivity (Wildman–Crippen MR) is 112 cm³/mol. The molecule has 1 aliphatic carbocycles. The molecule has 8 heteroatoms. The molecule has 4 rings (SSSR count). The average Bonchev–Trinajstić information content (AvgIpc) is 3.51. The van der Waals surface area contributed by atoms with Gasteiger partial charge in [0.1, 0.15) is 5.75 Å². The van der Waals surface area contributed by atoms with Gasteiger partial charge in [0.15, 0.2) is 5.16 Å². The van der Waals surface area contributed by atoms with Crippen LogP contribution in [0.25, 0.3) is 10.9 Å². The number of carbonyl (C=O) groups excluding carboxylic acids is 1. The molecule has 0 spiro atoms. The maximum Gasteiger partial charge on any atom is 0.262 e. The van der Waals surface area contributed by atoms with Crippen LogP contribution in [0.1, 0.15) is 18.9 Å². The van der Waals surface area contributed by atoms with E-state index in [4.69, 9.17) is 16.3 Å². The number of carbonyl (C=O) groups is 1. The lowest BCUT2D eigenvalue weighted by molar-refractivity contribution is -0.113. The summed E-state index contributed by atoms with van der Waals surface area (Å²) >= 11 is 7.36. The van der Waals surface area contributed by atoms with Crippen LogP contribution in [0.15, 0.2) is 52.4 Å². The van der Waals surface area contributed by atoms with Crippen molar-refractivity contribution in [2.45, 2.75) is 24.0 Å². The predicted octanol–water partition coefficient (Wildman–Crippen LogP) is 4.12. The molecule has 0 unspecified atom stereocenters. The molecule has 1 fully saturated rings. The maximum atomic E-state index is 12.8. The van der Waals surface area contributed by atoms with Crippen molar-refractivity contribution in [3.8, 4) is 5.75 Å². The number of methoxy groups -OCH3 is 1. The molecule has 1 aromatic heterocycles. The molecule has 2 aromatic carbocycles. The van der Waals surface area contributed by atoms with Crippen LogP contribution in [0.4, 0.5) is 5.69 Å². The first-order valence-corrected chi connectivity index (χ1v) is 10.2. The third-order valence-corrected chi connectivity index (χ3v) is 5.70. The summed E-state index contributed by atoms with van der Waals surface area (Å²) in [6, 6.07) is 12.5. The van der Waals surface area contributed by atoms with Crippen LogP contribution >= 0.6 is 23.4 Å². The van der Waals surface area contributed by atoms with Gasteiger partial charge >= 0.3 is 0 Å². The summed E-state index contributed by atoms with van der Waals surface area (Å²) in [6.45, 7) is 0. The van der Waals surface area contributed by atoms with E-state index in [2.05, 4.69) is 10.3 Å². The number of hydrogen-bond acceptors (Lipinski definition) is 5. The molecule has 1 N–H and O–H groups in total. The average molecular weight is 416 g/mol. The molecule has 0 bridgehead atoms. The number of nitrogens with one attached hydrogen (secondary N) is 1. The van der Waals surface area contributed by atoms with Gasteiger partial charge in [-0.3, -0.25) is 14.2 Å². The number of aromatic nitrogens is 2. The number of para-hydroxylation sites is 1. The van der Waals surface area contributed by atoms with E-state index in [0.29, 0.717) is 32.5 Å². The minimum absolute atomic E-state index is 0.0436. The van der Waals surface area contributed by atoms with Gasteiger partial charge in [-0.15, -0.1) is 0 Å². The highest BCUT2D eigenvalue weighted by atomic mass is 35.5. The van der Waals surface area contributed by atoms with Crippen molar-refractivity contribution in [2.24, 2.45) is 0 Å². The number of hydrogen-bond donors (Lipinski definition) is 1. The summed E-state index contributed by atoms with van der Waals surface area (Å²) in [7, 11) is 1.53. The smallest absolute Gasteiger partial charge is 0.262 e. The number of anilines is 1. The Balaban J connectivity index is 1.52. The Labute approximate surface area is 170 Å². The molecule has 0 aliphatic heterocycles. The minimum Gasteiger partial charge on any atom is -0.495 e. The molecule has 1 saturated carbocycles. The van der Waals surface area contributed by atoms with E-state index in [1.54, 1.807) is 28.8 Å². The van der Waals surface area contributed by atoms with Crippen LogP contribution in [0.5, 0.6) is 5.75 Å². The molecular formula is C20H18ClN3O3S. The van der Waals surface area contributed by atoms with Gasteiger partial charge in [0, 0.05) is 11.7 Å². The Morgan fingerprint density at radius 3 is 2.82 bits per heavy atom. The zero-order valence-electron chi connectivity index (χ0n) is 15.1. The normalized spacial score (nSPS) is 13.5. The molecule has 28 heavy (non-hydrogen) atoms. The number of fused-ring (bicyclic) bond motifs is 1. The fourth-order valence-electron chi connectivity index (χ4n) is 2.95. The molecule has 1 heterocycles. The molecule has 0 radical (unpaired) electrons. The first kappa shape index (κ1) is 18.8. The highest BCUT2D eigenvalue weighted by molar-refractivity contribution is 7.99. The van der Waals surface area contributed by atoms with Crippen LogP contribution in [0.2, 0.25) is 5.02 Å². The van der Waals surface area contributed by atoms with Crippen molar-refractivity contribution in [2.75, 3.05) is 18.2 Å². The molecule has 1 amide bonds. The van der Waals surface area contributed by atoms with E-state index >= 15 is 0 Å². The van der Waals surface area contributed by atoms with Crippen LogP contribution < -0.4 is 15.6 Å². The van der Waals surface area contributed by atoms with Gasteiger partial charge in [-0.25, -0.2) is 4.98 Å². The van der Waals surface area contributed by atoms with Crippen LogP contribution in [-0.2, 0) is 4.79 Å². The van der Waals surface area contributed by atoms with Crippen molar-refractivity contribution in [1.82, 2.24) is 9.55 Å². The van der Waals surface area contributed by atoms with Crippen molar-refractivity contribution in [1.29, 1.82) is 0 Å². The second-order valence-electron chi connectivity index (χ2n) is 6.50. The lowest BCUT2D eigenvalue weighted by Crippen LogP contribution is -2.23. The first-order valence-electron chi connectivity index (χ1n) is 8.84. The van der Waals surface area contributed by atoms with Gasteiger partial charge in [0.2, 0.25) is 5.91 Å². The largest absolute Gasteiger partial charge is 0.495 e. The van der Waals surface area contributed by atoms with Gasteiger partial charge in [0.05, 0.1) is 28.8 Å². The third kappa shape index (κ3) is 3.86. The highest BCUT2D eigenvalue weighted by Gasteiger charge is 2.28. The van der Waals surface area contributed by atoms with E-state index in [1.807, 2.05) is 18.2 Å². The molecule has 0 atom stereocenters. The van der Waals surface area contributed by atoms with Gasteiger partial charge < -0.3 is 10.1 Å². The SMILES string of the molecule is COc1ccc(NC(=O)CSc2nc3ccccc3c(=O)n2C2CC2)cc1Cl. The van der Waals surface area contributed by atoms with E-state index in [0.717, 1.165) is 12.8 Å². The number of benzene rings is 2. The Morgan fingerprint density at radius 2 is 2.11 bits per heavy atom. The Morgan fingerprint density at radius 1 is 1.32 bits per heavy atom. The Kier molecular flexibility index (Phi) is 5.28. The van der Waals surface area contributed by atoms with E-state index in [-0.39, 0.29) is 23.3 Å². The second kappa shape index (κ2) is 7.85. The summed E-state index contributed by atoms with van der Waals surface area (Å²) in [4.78, 5) is 29.8. The number of nitrogens with zero attached hydrogens (tertiary/aromatic N) is 2. The summed E-state index contributed by atoms with van der Waals surface area (Å²) < 4.78 is 6.84. The lowest BCUT2D eigenvalue weighted by Gasteiger charge is -2.12. The summed E-state index contributed by atoms with van der Waals surface area (Å²) in [5.41, 5.74) is 1.19. The fourth-order valence-corrected chi connectivity index (χ4v) is 4.08. The maximum absolute atomic E-state index is 12.8. The van der Waals surface area contributed by atoms with Crippen LogP contribution in [0, 0.1) is 0 Å². The summed E-state index contributed by atoms with van der Waals surface area (Å²) in [6.07, 6.45) is 1.92. The van der Waals surface area contributed by atoms with Crippen molar-refractivity contribution < 1.29 is 9.53 Å². The summed E-state index contributed by atoms with van der Waals surface area (Å²) in [5.74, 6) is 0.486.